The summed E-state index contributed by atoms with van der Waals surface area (Å²) in [5.41, 5.74) is 0.237. The fourth-order valence-electron chi connectivity index (χ4n) is 5.38. The smallest absolute Gasteiger partial charge is 0.223 e. The van der Waals surface area contributed by atoms with Crippen LogP contribution >= 0.6 is 11.3 Å². The first kappa shape index (κ1) is 21.3. The van der Waals surface area contributed by atoms with E-state index in [1.807, 2.05) is 14.0 Å². The molecule has 6 nitrogen and oxygen atoms in total. The highest BCUT2D eigenvalue weighted by Crippen LogP contribution is 2.62. The Balaban J connectivity index is 2.06. The van der Waals surface area contributed by atoms with Crippen LogP contribution in [0.5, 0.6) is 0 Å². The third-order valence-corrected chi connectivity index (χ3v) is 8.43. The highest BCUT2D eigenvalue weighted by Gasteiger charge is 2.59. The zero-order chi connectivity index (χ0) is 20.7. The lowest BCUT2D eigenvalue weighted by Gasteiger charge is -2.58. The van der Waals surface area contributed by atoms with Gasteiger partial charge in [-0.25, -0.2) is 4.98 Å². The SMILES string of the molecule is C=CCN(C)C(=O)CC1c2nc(NC)sc2CC2C(C)(CO)C(O)CCC12C. The molecule has 0 aliphatic heterocycles. The summed E-state index contributed by atoms with van der Waals surface area (Å²) in [4.78, 5) is 20.6. The normalized spacial score (nSPS) is 34.3. The number of carbonyl (C=O) groups is 1. The Morgan fingerprint density at radius 3 is 2.82 bits per heavy atom. The van der Waals surface area contributed by atoms with Gasteiger partial charge in [-0.05, 0) is 30.6 Å². The van der Waals surface area contributed by atoms with Crippen LogP contribution in [0.15, 0.2) is 12.7 Å². The van der Waals surface area contributed by atoms with Crippen LogP contribution in [0, 0.1) is 16.7 Å². The number of anilines is 1. The van der Waals surface area contributed by atoms with Crippen molar-refractivity contribution in [2.45, 2.75) is 51.6 Å². The van der Waals surface area contributed by atoms with Gasteiger partial charge in [0.25, 0.3) is 0 Å². The van der Waals surface area contributed by atoms with Gasteiger partial charge in [-0.15, -0.1) is 17.9 Å². The molecule has 5 atom stereocenters. The number of thiazole rings is 1. The van der Waals surface area contributed by atoms with Crippen molar-refractivity contribution in [3.05, 3.63) is 23.2 Å². The Morgan fingerprint density at radius 1 is 1.50 bits per heavy atom. The van der Waals surface area contributed by atoms with Crippen molar-refractivity contribution < 1.29 is 15.0 Å². The van der Waals surface area contributed by atoms with Crippen molar-refractivity contribution in [3.63, 3.8) is 0 Å². The molecule has 0 bridgehead atoms. The Labute approximate surface area is 171 Å². The summed E-state index contributed by atoms with van der Waals surface area (Å²) < 4.78 is 0. The maximum absolute atomic E-state index is 12.9. The number of amides is 1. The molecule has 3 N–H and O–H groups in total. The van der Waals surface area contributed by atoms with E-state index in [0.29, 0.717) is 19.4 Å². The average Bonchev–Trinajstić information content (AvgIpc) is 3.09. The highest BCUT2D eigenvalue weighted by molar-refractivity contribution is 7.15. The number of rotatable bonds is 6. The predicted molar refractivity (Wildman–Crippen MR) is 113 cm³/mol. The fourth-order valence-corrected chi connectivity index (χ4v) is 6.40. The van der Waals surface area contributed by atoms with Crippen LogP contribution in [-0.4, -0.2) is 59.4 Å². The van der Waals surface area contributed by atoms with Gasteiger partial charge in [0.05, 0.1) is 18.4 Å². The van der Waals surface area contributed by atoms with E-state index in [-0.39, 0.29) is 29.8 Å². The van der Waals surface area contributed by atoms with Crippen molar-refractivity contribution >= 4 is 22.4 Å². The quantitative estimate of drug-likeness (QED) is 0.631. The third kappa shape index (κ3) is 3.27. The lowest BCUT2D eigenvalue weighted by atomic mass is 9.47. The molecule has 2 aliphatic rings. The molecule has 0 saturated heterocycles. The number of fused-ring (bicyclic) bond motifs is 2. The molecule has 7 heteroatoms. The molecule has 2 aliphatic carbocycles. The minimum absolute atomic E-state index is 0.0299. The average molecular weight is 408 g/mol. The van der Waals surface area contributed by atoms with Crippen molar-refractivity contribution in [2.24, 2.45) is 16.7 Å². The second kappa shape index (κ2) is 7.76. The van der Waals surface area contributed by atoms with E-state index in [9.17, 15) is 15.0 Å². The summed E-state index contributed by atoms with van der Waals surface area (Å²) in [6.45, 7) is 8.41. The van der Waals surface area contributed by atoms with Gasteiger partial charge in [0, 0.05) is 43.3 Å². The summed E-state index contributed by atoms with van der Waals surface area (Å²) in [6.07, 6.45) is 3.82. The summed E-state index contributed by atoms with van der Waals surface area (Å²) in [5, 5.41) is 25.0. The van der Waals surface area contributed by atoms with Crippen LogP contribution < -0.4 is 5.32 Å². The molecule has 5 unspecified atom stereocenters. The van der Waals surface area contributed by atoms with E-state index < -0.39 is 11.5 Å². The molecular weight excluding hydrogens is 374 g/mol. The van der Waals surface area contributed by atoms with Gasteiger partial charge in [0.1, 0.15) is 0 Å². The van der Waals surface area contributed by atoms with Crippen LogP contribution in [0.25, 0.3) is 0 Å². The zero-order valence-corrected chi connectivity index (χ0v) is 18.2. The van der Waals surface area contributed by atoms with Gasteiger partial charge >= 0.3 is 0 Å². The Bertz CT molecular complexity index is 751. The molecule has 1 aromatic rings. The fraction of sp³-hybridized carbons (Fsp3) is 0.714. The molecule has 1 aromatic heterocycles. The monoisotopic (exact) mass is 407 g/mol. The topological polar surface area (TPSA) is 85.7 Å². The maximum Gasteiger partial charge on any atom is 0.223 e. The number of likely N-dealkylation sites (N-methyl/N-ethyl adjacent to an activating group) is 1. The van der Waals surface area contributed by atoms with Crippen molar-refractivity contribution in [3.8, 4) is 0 Å². The van der Waals surface area contributed by atoms with E-state index in [0.717, 1.165) is 23.7 Å². The van der Waals surface area contributed by atoms with E-state index >= 15 is 0 Å². The van der Waals surface area contributed by atoms with E-state index in [1.54, 1.807) is 29.4 Å². The molecule has 1 amide bonds. The molecule has 0 spiro atoms. The number of nitrogens with zero attached hydrogens (tertiary/aromatic N) is 2. The predicted octanol–water partition coefficient (Wildman–Crippen LogP) is 2.63. The number of aliphatic hydroxyl groups excluding tert-OH is 2. The molecule has 1 saturated carbocycles. The largest absolute Gasteiger partial charge is 0.396 e. The third-order valence-electron chi connectivity index (χ3n) is 7.31. The number of nitrogens with one attached hydrogen (secondary N) is 1. The van der Waals surface area contributed by atoms with Gasteiger partial charge in [-0.2, -0.15) is 0 Å². The minimum atomic E-state index is -0.581. The molecular formula is C21H33N3O3S. The molecule has 156 valence electrons. The van der Waals surface area contributed by atoms with Gasteiger partial charge in [0.2, 0.25) is 5.91 Å². The van der Waals surface area contributed by atoms with Gasteiger partial charge in [-0.3, -0.25) is 4.79 Å². The first-order valence-electron chi connectivity index (χ1n) is 10.0. The molecule has 1 heterocycles. The second-order valence-electron chi connectivity index (χ2n) is 8.88. The zero-order valence-electron chi connectivity index (χ0n) is 17.4. The van der Waals surface area contributed by atoms with Gasteiger partial charge in [0.15, 0.2) is 5.13 Å². The Hall–Kier alpha value is -1.44. The molecule has 0 aromatic carbocycles. The second-order valence-corrected chi connectivity index (χ2v) is 9.96. The van der Waals surface area contributed by atoms with Gasteiger partial charge < -0.3 is 20.4 Å². The minimum Gasteiger partial charge on any atom is -0.396 e. The van der Waals surface area contributed by atoms with Crippen molar-refractivity contribution in [1.82, 2.24) is 9.88 Å². The standard InChI is InChI=1S/C21H33N3O3S/c1-6-9-24(5)17(27)10-13-18-14(28-19(22-4)23-18)11-15-20(13,2)8-7-16(26)21(15,3)12-25/h6,13,15-16,25-26H,1,7-12H2,2-5H3,(H,22,23). The number of hydrogen-bond donors (Lipinski definition) is 3. The summed E-state index contributed by atoms with van der Waals surface area (Å²) in [5.74, 6) is 0.139. The van der Waals surface area contributed by atoms with Gasteiger partial charge in [-0.1, -0.05) is 19.9 Å². The molecule has 1 fully saturated rings. The maximum atomic E-state index is 12.9. The lowest BCUT2D eigenvalue weighted by molar-refractivity contribution is -0.146. The molecule has 3 rings (SSSR count). The van der Waals surface area contributed by atoms with Crippen LogP contribution in [0.3, 0.4) is 0 Å². The number of aliphatic hydroxyl groups is 2. The van der Waals surface area contributed by atoms with E-state index in [1.165, 1.54) is 4.88 Å². The first-order chi connectivity index (χ1) is 13.2. The summed E-state index contributed by atoms with van der Waals surface area (Å²) >= 11 is 1.63. The van der Waals surface area contributed by atoms with Crippen LogP contribution in [0.2, 0.25) is 0 Å². The Kier molecular flexibility index (Phi) is 5.90. The number of hydrogen-bond acceptors (Lipinski definition) is 6. The van der Waals surface area contributed by atoms with Crippen molar-refractivity contribution in [1.29, 1.82) is 0 Å². The van der Waals surface area contributed by atoms with Crippen LogP contribution in [-0.2, 0) is 11.2 Å². The summed E-state index contributed by atoms with van der Waals surface area (Å²) in [7, 11) is 3.66. The number of carbonyl (C=O) groups excluding carboxylic acids is 1. The molecule has 0 radical (unpaired) electrons. The first-order valence-corrected chi connectivity index (χ1v) is 10.8. The summed E-state index contributed by atoms with van der Waals surface area (Å²) in [6, 6.07) is 0. The number of aromatic nitrogens is 1. The lowest BCUT2D eigenvalue weighted by Crippen LogP contribution is -2.57. The van der Waals surface area contributed by atoms with E-state index in [4.69, 9.17) is 4.98 Å². The Morgan fingerprint density at radius 2 is 2.21 bits per heavy atom. The molecule has 28 heavy (non-hydrogen) atoms. The van der Waals surface area contributed by atoms with Crippen LogP contribution in [0.4, 0.5) is 5.13 Å². The van der Waals surface area contributed by atoms with Crippen LogP contribution in [0.1, 0.15) is 49.6 Å². The van der Waals surface area contributed by atoms with Crippen molar-refractivity contribution in [2.75, 3.05) is 32.6 Å². The van der Waals surface area contributed by atoms with E-state index in [2.05, 4.69) is 18.8 Å². The highest BCUT2D eigenvalue weighted by atomic mass is 32.1.